The second-order valence-corrected chi connectivity index (χ2v) is 6.55. The summed E-state index contributed by atoms with van der Waals surface area (Å²) in [5.74, 6) is 0.354. The van der Waals surface area contributed by atoms with Crippen LogP contribution in [0.5, 0.6) is 0 Å². The highest BCUT2D eigenvalue weighted by Gasteiger charge is 2.09. The number of nitrogens with two attached hydrogens (primary N) is 2. The molecule has 102 valence electrons. The smallest absolute Gasteiger partial charge is 0.181 e. The SMILES string of the molecule is Br.CS(C)(=O)=O.Nc1nc2nc[nH]c2c(N)c1Br. The fraction of sp³-hybridized carbons (Fsp3) is 0.250. The van der Waals surface area contributed by atoms with E-state index in [2.05, 4.69) is 30.9 Å². The molecule has 2 rings (SSSR count). The van der Waals surface area contributed by atoms with Crippen molar-refractivity contribution in [1.82, 2.24) is 15.0 Å². The molecule has 0 unspecified atom stereocenters. The van der Waals surface area contributed by atoms with Gasteiger partial charge in [-0.25, -0.2) is 18.4 Å². The quantitative estimate of drug-likeness (QED) is 0.605. The van der Waals surface area contributed by atoms with Crippen molar-refractivity contribution in [2.45, 2.75) is 0 Å². The average molecular weight is 403 g/mol. The number of aromatic nitrogens is 3. The van der Waals surface area contributed by atoms with Crippen molar-refractivity contribution >= 4 is 65.4 Å². The molecular weight excluding hydrogens is 390 g/mol. The molecule has 0 saturated heterocycles. The monoisotopic (exact) mass is 401 g/mol. The van der Waals surface area contributed by atoms with Gasteiger partial charge in [0.05, 0.1) is 16.5 Å². The third-order valence-corrected chi connectivity index (χ3v) is 2.41. The Balaban J connectivity index is 0.000000421. The Morgan fingerprint density at radius 1 is 1.33 bits per heavy atom. The minimum atomic E-state index is -2.67. The molecular formula is C8H13Br2N5O2S. The first kappa shape index (κ1) is 17.1. The number of halogens is 2. The Labute approximate surface area is 123 Å². The number of anilines is 2. The summed E-state index contributed by atoms with van der Waals surface area (Å²) >= 11 is 3.22. The van der Waals surface area contributed by atoms with Gasteiger partial charge in [-0.05, 0) is 15.9 Å². The number of sulfone groups is 1. The van der Waals surface area contributed by atoms with Crippen LogP contribution in [0.25, 0.3) is 11.2 Å². The molecule has 0 spiro atoms. The molecule has 0 atom stereocenters. The highest BCUT2D eigenvalue weighted by molar-refractivity contribution is 9.10. The van der Waals surface area contributed by atoms with Crippen LogP contribution in [-0.4, -0.2) is 35.9 Å². The van der Waals surface area contributed by atoms with Crippen molar-refractivity contribution in [2.75, 3.05) is 24.0 Å². The Morgan fingerprint density at radius 3 is 2.33 bits per heavy atom. The Kier molecular flexibility index (Phi) is 6.04. The van der Waals surface area contributed by atoms with Crippen molar-refractivity contribution < 1.29 is 8.42 Å². The zero-order valence-corrected chi connectivity index (χ0v) is 13.8. The van der Waals surface area contributed by atoms with Crippen LogP contribution in [0.3, 0.4) is 0 Å². The number of fused-ring (bicyclic) bond motifs is 1. The fourth-order valence-electron chi connectivity index (χ4n) is 0.981. The van der Waals surface area contributed by atoms with Crippen LogP contribution in [0.4, 0.5) is 11.5 Å². The minimum Gasteiger partial charge on any atom is -0.396 e. The van der Waals surface area contributed by atoms with Crippen LogP contribution >= 0.6 is 32.9 Å². The summed E-state index contributed by atoms with van der Waals surface area (Å²) in [4.78, 5) is 10.8. The third-order valence-electron chi connectivity index (χ3n) is 1.58. The lowest BCUT2D eigenvalue weighted by atomic mass is 10.3. The second kappa shape index (κ2) is 6.34. The van der Waals surface area contributed by atoms with Gasteiger partial charge >= 0.3 is 0 Å². The molecule has 5 N–H and O–H groups in total. The van der Waals surface area contributed by atoms with Crippen LogP contribution in [0.1, 0.15) is 0 Å². The van der Waals surface area contributed by atoms with Gasteiger partial charge in [0.15, 0.2) is 5.65 Å². The Bertz CT molecular complexity index is 632. The van der Waals surface area contributed by atoms with Crippen molar-refractivity contribution in [1.29, 1.82) is 0 Å². The summed E-state index contributed by atoms with van der Waals surface area (Å²) in [5.41, 5.74) is 13.1. The van der Waals surface area contributed by atoms with E-state index in [1.165, 1.54) is 6.33 Å². The minimum absolute atomic E-state index is 0. The number of nitrogen functional groups attached to an aromatic ring is 2. The molecule has 0 amide bonds. The van der Waals surface area contributed by atoms with Gasteiger partial charge in [0.1, 0.15) is 21.2 Å². The first-order valence-corrected chi connectivity index (χ1v) is 7.48. The molecule has 2 aromatic rings. The topological polar surface area (TPSA) is 128 Å². The van der Waals surface area contributed by atoms with Gasteiger partial charge in [0.2, 0.25) is 0 Å². The molecule has 0 bridgehead atoms. The number of hydrogen-bond donors (Lipinski definition) is 3. The van der Waals surface area contributed by atoms with E-state index in [1.807, 2.05) is 0 Å². The van der Waals surface area contributed by atoms with Crippen molar-refractivity contribution in [3.05, 3.63) is 10.8 Å². The molecule has 2 aromatic heterocycles. The second-order valence-electron chi connectivity index (χ2n) is 3.47. The number of hydrogen-bond acceptors (Lipinski definition) is 6. The number of aromatic amines is 1. The maximum absolute atomic E-state index is 9.63. The van der Waals surface area contributed by atoms with Gasteiger partial charge in [0.25, 0.3) is 0 Å². The standard InChI is InChI=1S/C6H6BrN5.C2H6O2S.BrH/c7-2-3(8)4-6(11-1-10-4)12-5(2)9;1-5(2,3)4;/h1H,(H5,8,9,10,11,12);1-2H3;1H. The van der Waals surface area contributed by atoms with Gasteiger partial charge in [-0.3, -0.25) is 0 Å². The predicted molar refractivity (Wildman–Crippen MR) is 81.5 cm³/mol. The lowest BCUT2D eigenvalue weighted by molar-refractivity contribution is 0.607. The number of nitrogens with one attached hydrogen (secondary N) is 1. The van der Waals surface area contributed by atoms with Crippen LogP contribution < -0.4 is 11.5 Å². The fourth-order valence-corrected chi connectivity index (χ4v) is 1.27. The van der Waals surface area contributed by atoms with Gasteiger partial charge in [-0.15, -0.1) is 17.0 Å². The van der Waals surface area contributed by atoms with Crippen LogP contribution in [-0.2, 0) is 9.84 Å². The summed E-state index contributed by atoms with van der Waals surface area (Å²) < 4.78 is 19.9. The summed E-state index contributed by atoms with van der Waals surface area (Å²) in [6.45, 7) is 0. The molecule has 0 saturated carbocycles. The van der Waals surface area contributed by atoms with Crippen molar-refractivity contribution in [3.63, 3.8) is 0 Å². The van der Waals surface area contributed by atoms with Gasteiger partial charge in [-0.2, -0.15) is 0 Å². The normalized spacial score (nSPS) is 10.4. The Hall–Kier alpha value is -0.870. The first-order chi connectivity index (χ1) is 7.70. The number of H-pyrrole nitrogens is 1. The van der Waals surface area contributed by atoms with E-state index in [9.17, 15) is 8.42 Å². The molecule has 0 aliphatic heterocycles. The van der Waals surface area contributed by atoms with E-state index in [0.717, 1.165) is 12.5 Å². The van der Waals surface area contributed by atoms with Crippen LogP contribution in [0.15, 0.2) is 10.8 Å². The molecule has 0 aliphatic carbocycles. The zero-order chi connectivity index (χ0) is 13.2. The summed E-state index contributed by atoms with van der Waals surface area (Å²) in [6, 6.07) is 0. The number of pyridine rings is 1. The highest BCUT2D eigenvalue weighted by Crippen LogP contribution is 2.29. The molecule has 18 heavy (non-hydrogen) atoms. The molecule has 0 aliphatic rings. The molecule has 7 nitrogen and oxygen atoms in total. The van der Waals surface area contributed by atoms with Gasteiger partial charge in [-0.1, -0.05) is 0 Å². The van der Waals surface area contributed by atoms with Crippen LogP contribution in [0, 0.1) is 0 Å². The molecule has 2 heterocycles. The van der Waals surface area contributed by atoms with Crippen molar-refractivity contribution in [3.8, 4) is 0 Å². The third kappa shape index (κ3) is 4.78. The number of rotatable bonds is 0. The van der Waals surface area contributed by atoms with E-state index in [0.29, 0.717) is 27.1 Å². The maximum atomic E-state index is 9.63. The first-order valence-electron chi connectivity index (χ1n) is 4.38. The molecule has 10 heteroatoms. The van der Waals surface area contributed by atoms with E-state index in [4.69, 9.17) is 11.5 Å². The molecule has 0 radical (unpaired) electrons. The lowest BCUT2D eigenvalue weighted by Gasteiger charge is -2.01. The highest BCUT2D eigenvalue weighted by atomic mass is 79.9. The molecule has 0 fully saturated rings. The van der Waals surface area contributed by atoms with Gasteiger partial charge in [0, 0.05) is 12.5 Å². The largest absolute Gasteiger partial charge is 0.396 e. The average Bonchev–Trinajstić information content (AvgIpc) is 2.59. The van der Waals surface area contributed by atoms with E-state index in [1.54, 1.807) is 0 Å². The predicted octanol–water partition coefficient (Wildman–Crippen LogP) is 1.12. The maximum Gasteiger partial charge on any atom is 0.181 e. The zero-order valence-electron chi connectivity index (χ0n) is 9.64. The van der Waals surface area contributed by atoms with Crippen molar-refractivity contribution in [2.24, 2.45) is 0 Å². The Morgan fingerprint density at radius 2 is 1.83 bits per heavy atom. The van der Waals surface area contributed by atoms with Crippen LogP contribution in [0.2, 0.25) is 0 Å². The van der Waals surface area contributed by atoms with Gasteiger partial charge < -0.3 is 16.5 Å². The lowest BCUT2D eigenvalue weighted by Crippen LogP contribution is -1.97. The number of nitrogens with zero attached hydrogens (tertiary/aromatic N) is 2. The number of imidazole rings is 1. The summed E-state index contributed by atoms with van der Waals surface area (Å²) in [7, 11) is -2.67. The summed E-state index contributed by atoms with van der Waals surface area (Å²) in [5, 5.41) is 0. The summed E-state index contributed by atoms with van der Waals surface area (Å²) in [6.07, 6.45) is 3.85. The molecule has 0 aromatic carbocycles. The van der Waals surface area contributed by atoms with E-state index in [-0.39, 0.29) is 17.0 Å². The van der Waals surface area contributed by atoms with E-state index < -0.39 is 9.84 Å². The van der Waals surface area contributed by atoms with E-state index >= 15 is 0 Å².